The van der Waals surface area contributed by atoms with Crippen molar-refractivity contribution in [3.8, 4) is 0 Å². The highest BCUT2D eigenvalue weighted by Gasteiger charge is 2.16. The second kappa shape index (κ2) is 5.74. The van der Waals surface area contributed by atoms with Gasteiger partial charge in [0.05, 0.1) is 18.5 Å². The molecule has 0 aliphatic heterocycles. The largest absolute Gasteiger partial charge is 0.397 e. The first-order chi connectivity index (χ1) is 8.74. The van der Waals surface area contributed by atoms with Crippen LogP contribution in [0.4, 0.5) is 5.69 Å². The minimum Gasteiger partial charge on any atom is -0.397 e. The predicted molar refractivity (Wildman–Crippen MR) is 70.7 cm³/mol. The van der Waals surface area contributed by atoms with E-state index in [0.717, 1.165) is 5.39 Å². The summed E-state index contributed by atoms with van der Waals surface area (Å²) in [4.78, 5) is 13.1. The van der Waals surface area contributed by atoms with Crippen LogP contribution in [0.1, 0.15) is 16.6 Å². The van der Waals surface area contributed by atoms with E-state index in [1.165, 1.54) is 11.3 Å². The van der Waals surface area contributed by atoms with Gasteiger partial charge in [0.15, 0.2) is 0 Å². The molecule has 0 radical (unpaired) electrons. The van der Waals surface area contributed by atoms with Crippen molar-refractivity contribution in [3.63, 3.8) is 0 Å². The van der Waals surface area contributed by atoms with Gasteiger partial charge in [-0.05, 0) is 13.0 Å². The molecule has 2 aromatic heterocycles. The molecule has 2 rings (SSSR count). The van der Waals surface area contributed by atoms with Gasteiger partial charge >= 0.3 is 0 Å². The SMILES string of the molecule is CCOCCNC(=O)c1sc2nnccc2c1N. The molecule has 0 saturated heterocycles. The maximum atomic E-state index is 11.9. The summed E-state index contributed by atoms with van der Waals surface area (Å²) in [6.07, 6.45) is 1.56. The number of carbonyl (C=O) groups excluding carboxylic acids is 1. The number of fused-ring (bicyclic) bond motifs is 1. The number of anilines is 1. The maximum Gasteiger partial charge on any atom is 0.263 e. The molecule has 0 unspecified atom stereocenters. The highest BCUT2D eigenvalue weighted by Crippen LogP contribution is 2.31. The first-order valence-corrected chi connectivity index (χ1v) is 6.41. The molecule has 96 valence electrons. The van der Waals surface area contributed by atoms with Crippen LogP contribution < -0.4 is 11.1 Å². The fraction of sp³-hybridized carbons (Fsp3) is 0.364. The minimum atomic E-state index is -0.199. The molecule has 0 spiro atoms. The molecule has 0 aliphatic rings. The third-order valence-corrected chi connectivity index (χ3v) is 3.47. The van der Waals surface area contributed by atoms with E-state index in [1.807, 2.05) is 6.92 Å². The molecule has 18 heavy (non-hydrogen) atoms. The zero-order valence-corrected chi connectivity index (χ0v) is 10.8. The number of nitrogens with two attached hydrogens (primary N) is 1. The summed E-state index contributed by atoms with van der Waals surface area (Å²) < 4.78 is 5.14. The van der Waals surface area contributed by atoms with Gasteiger partial charge in [-0.25, -0.2) is 0 Å². The lowest BCUT2D eigenvalue weighted by molar-refractivity contribution is 0.0927. The maximum absolute atomic E-state index is 11.9. The van der Waals surface area contributed by atoms with Crippen LogP contribution in [0.2, 0.25) is 0 Å². The molecule has 2 aromatic rings. The number of nitrogens with one attached hydrogen (secondary N) is 1. The number of nitrogen functional groups attached to an aromatic ring is 1. The van der Waals surface area contributed by atoms with Crippen LogP contribution in [0, 0.1) is 0 Å². The number of hydrogen-bond donors (Lipinski definition) is 2. The molecular weight excluding hydrogens is 252 g/mol. The number of hydrogen-bond acceptors (Lipinski definition) is 6. The standard InChI is InChI=1S/C11H14N4O2S/c1-2-17-6-5-13-10(16)9-8(12)7-3-4-14-15-11(7)18-9/h3-4H,2,5-6,12H2,1H3,(H,13,16). The van der Waals surface area contributed by atoms with Gasteiger partial charge in [-0.15, -0.1) is 16.4 Å². The van der Waals surface area contributed by atoms with E-state index in [4.69, 9.17) is 10.5 Å². The number of rotatable bonds is 5. The van der Waals surface area contributed by atoms with Crippen molar-refractivity contribution < 1.29 is 9.53 Å². The second-order valence-electron chi connectivity index (χ2n) is 3.55. The van der Waals surface area contributed by atoms with Crippen LogP contribution >= 0.6 is 11.3 Å². The summed E-state index contributed by atoms with van der Waals surface area (Å²) in [5, 5.41) is 11.2. The van der Waals surface area contributed by atoms with Crippen LogP contribution in [-0.2, 0) is 4.74 Å². The molecule has 2 heterocycles. The van der Waals surface area contributed by atoms with E-state index in [-0.39, 0.29) is 5.91 Å². The number of nitrogens with zero attached hydrogens (tertiary/aromatic N) is 2. The quantitative estimate of drug-likeness (QED) is 0.789. The lowest BCUT2D eigenvalue weighted by atomic mass is 10.3. The van der Waals surface area contributed by atoms with Crippen LogP contribution in [0.15, 0.2) is 12.3 Å². The molecule has 0 atom stereocenters. The molecule has 1 amide bonds. The Morgan fingerprint density at radius 2 is 2.44 bits per heavy atom. The molecule has 3 N–H and O–H groups in total. The fourth-order valence-corrected chi connectivity index (χ4v) is 2.46. The van der Waals surface area contributed by atoms with E-state index in [2.05, 4.69) is 15.5 Å². The first kappa shape index (κ1) is 12.7. The van der Waals surface area contributed by atoms with Crippen molar-refractivity contribution in [2.75, 3.05) is 25.5 Å². The van der Waals surface area contributed by atoms with E-state index in [1.54, 1.807) is 12.3 Å². The molecule has 0 bridgehead atoms. The third-order valence-electron chi connectivity index (χ3n) is 2.36. The van der Waals surface area contributed by atoms with Crippen molar-refractivity contribution in [1.82, 2.24) is 15.5 Å². The van der Waals surface area contributed by atoms with E-state index < -0.39 is 0 Å². The summed E-state index contributed by atoms with van der Waals surface area (Å²) in [6, 6.07) is 1.76. The molecular formula is C11H14N4O2S. The summed E-state index contributed by atoms with van der Waals surface area (Å²) >= 11 is 1.24. The normalized spacial score (nSPS) is 10.7. The Labute approximate surface area is 108 Å². The van der Waals surface area contributed by atoms with Gasteiger partial charge in [0.1, 0.15) is 9.71 Å². The Morgan fingerprint density at radius 3 is 3.17 bits per heavy atom. The highest BCUT2D eigenvalue weighted by molar-refractivity contribution is 7.21. The number of carbonyl (C=O) groups is 1. The minimum absolute atomic E-state index is 0.199. The molecule has 0 aliphatic carbocycles. The van der Waals surface area contributed by atoms with Gasteiger partial charge in [0.2, 0.25) is 0 Å². The second-order valence-corrected chi connectivity index (χ2v) is 4.55. The Balaban J connectivity index is 2.10. The Bertz CT molecular complexity index is 555. The van der Waals surface area contributed by atoms with Crippen LogP contribution in [-0.4, -0.2) is 35.9 Å². The number of aromatic nitrogens is 2. The fourth-order valence-electron chi connectivity index (χ4n) is 1.50. The van der Waals surface area contributed by atoms with Gasteiger partial charge in [-0.2, -0.15) is 5.10 Å². The number of ether oxygens (including phenoxy) is 1. The molecule has 7 heteroatoms. The van der Waals surface area contributed by atoms with Crippen molar-refractivity contribution in [2.45, 2.75) is 6.92 Å². The summed E-state index contributed by atoms with van der Waals surface area (Å²) in [5.41, 5.74) is 6.38. The number of amides is 1. The van der Waals surface area contributed by atoms with Gasteiger partial charge in [-0.3, -0.25) is 4.79 Å². The Kier molecular flexibility index (Phi) is 4.06. The first-order valence-electron chi connectivity index (χ1n) is 5.59. The van der Waals surface area contributed by atoms with Crippen LogP contribution in [0.25, 0.3) is 10.2 Å². The molecule has 6 nitrogen and oxygen atoms in total. The van der Waals surface area contributed by atoms with Crippen molar-refractivity contribution >= 4 is 33.1 Å². The smallest absolute Gasteiger partial charge is 0.263 e. The summed E-state index contributed by atoms with van der Waals surface area (Å²) in [5.74, 6) is -0.199. The topological polar surface area (TPSA) is 90.1 Å². The Hall–Kier alpha value is -1.73. The van der Waals surface area contributed by atoms with E-state index >= 15 is 0 Å². The zero-order valence-electron chi connectivity index (χ0n) is 9.97. The predicted octanol–water partition coefficient (Wildman–Crippen LogP) is 1.04. The highest BCUT2D eigenvalue weighted by atomic mass is 32.1. The van der Waals surface area contributed by atoms with Gasteiger partial charge < -0.3 is 15.8 Å². The zero-order chi connectivity index (χ0) is 13.0. The van der Waals surface area contributed by atoms with E-state index in [0.29, 0.717) is 35.2 Å². The summed E-state index contributed by atoms with van der Waals surface area (Å²) in [7, 11) is 0. The molecule has 0 aromatic carbocycles. The molecule has 0 saturated carbocycles. The lowest BCUT2D eigenvalue weighted by Gasteiger charge is -2.04. The van der Waals surface area contributed by atoms with Crippen molar-refractivity contribution in [1.29, 1.82) is 0 Å². The van der Waals surface area contributed by atoms with Crippen molar-refractivity contribution in [3.05, 3.63) is 17.1 Å². The van der Waals surface area contributed by atoms with Crippen LogP contribution in [0.5, 0.6) is 0 Å². The van der Waals surface area contributed by atoms with Gasteiger partial charge in [-0.1, -0.05) is 0 Å². The van der Waals surface area contributed by atoms with Gasteiger partial charge in [0, 0.05) is 18.5 Å². The van der Waals surface area contributed by atoms with E-state index in [9.17, 15) is 4.79 Å². The van der Waals surface area contributed by atoms with Crippen molar-refractivity contribution in [2.24, 2.45) is 0 Å². The average molecular weight is 266 g/mol. The summed E-state index contributed by atoms with van der Waals surface area (Å²) in [6.45, 7) is 3.50. The monoisotopic (exact) mass is 266 g/mol. The third kappa shape index (κ3) is 2.57. The lowest BCUT2D eigenvalue weighted by Crippen LogP contribution is -2.27. The number of thiophene rings is 1. The Morgan fingerprint density at radius 1 is 1.61 bits per heavy atom. The average Bonchev–Trinajstić information content (AvgIpc) is 2.73. The van der Waals surface area contributed by atoms with Crippen LogP contribution in [0.3, 0.4) is 0 Å². The van der Waals surface area contributed by atoms with Gasteiger partial charge in [0.25, 0.3) is 5.91 Å². The molecule has 0 fully saturated rings.